The van der Waals surface area contributed by atoms with E-state index in [1.165, 1.54) is 6.07 Å². The minimum absolute atomic E-state index is 0.113. The summed E-state index contributed by atoms with van der Waals surface area (Å²) in [5, 5.41) is 8.86. The van der Waals surface area contributed by atoms with Crippen molar-refractivity contribution < 1.29 is 14.3 Å². The summed E-state index contributed by atoms with van der Waals surface area (Å²) in [5.41, 5.74) is 5.17. The van der Waals surface area contributed by atoms with E-state index in [2.05, 4.69) is 0 Å². The van der Waals surface area contributed by atoms with Crippen LogP contribution in [-0.2, 0) is 0 Å². The van der Waals surface area contributed by atoms with Crippen LogP contribution in [-0.4, -0.2) is 11.4 Å². The Morgan fingerprint density at radius 2 is 2.18 bits per heavy atom. The fourth-order valence-electron chi connectivity index (χ4n) is 0.732. The molecule has 3 nitrogen and oxygen atoms in total. The molecule has 0 aliphatic rings. The van der Waals surface area contributed by atoms with Gasteiger partial charge in [0.2, 0.25) is 0 Å². The van der Waals surface area contributed by atoms with Gasteiger partial charge in [-0.15, -0.1) is 0 Å². The van der Waals surface area contributed by atoms with E-state index in [1.54, 1.807) is 0 Å². The van der Waals surface area contributed by atoms with Crippen LogP contribution in [0.2, 0.25) is 0 Å². The Morgan fingerprint density at radius 3 is 2.73 bits per heavy atom. The van der Waals surface area contributed by atoms with Crippen molar-refractivity contribution in [2.45, 2.75) is 0 Å². The molecule has 1 aromatic rings. The molecule has 11 heavy (non-hydrogen) atoms. The molecule has 0 atom stereocenters. The predicted molar refractivity (Wildman–Crippen MR) is 37.9 cm³/mol. The van der Waals surface area contributed by atoms with Gasteiger partial charge in [-0.1, -0.05) is 0 Å². The lowest BCUT2D eigenvalue weighted by molar-refractivity contribution is 0.112. The fourth-order valence-corrected chi connectivity index (χ4v) is 0.732. The molecule has 58 valence electrons. The van der Waals surface area contributed by atoms with Crippen molar-refractivity contribution in [3.05, 3.63) is 23.5 Å². The van der Waals surface area contributed by atoms with Crippen LogP contribution in [0.1, 0.15) is 10.4 Å². The highest BCUT2D eigenvalue weighted by molar-refractivity contribution is 5.81. The predicted octanol–water partition coefficient (Wildman–Crippen LogP) is 0.926. The fraction of sp³-hybridized carbons (Fsp3) is 0. The third kappa shape index (κ3) is 1.29. The summed E-state index contributed by atoms with van der Waals surface area (Å²) >= 11 is 0. The summed E-state index contributed by atoms with van der Waals surface area (Å²) in [7, 11) is 0. The average Bonchev–Trinajstić information content (AvgIpc) is 1.96. The molecule has 0 spiro atoms. The number of carbonyl (C=O) groups excluding carboxylic acids is 1. The van der Waals surface area contributed by atoms with E-state index in [-0.39, 0.29) is 11.3 Å². The molecule has 1 rings (SSSR count). The van der Waals surface area contributed by atoms with Crippen molar-refractivity contribution in [2.24, 2.45) is 0 Å². The number of hydrogen-bond donors (Lipinski definition) is 2. The Morgan fingerprint density at radius 1 is 1.55 bits per heavy atom. The number of nitrogen functional groups attached to an aromatic ring is 1. The summed E-state index contributed by atoms with van der Waals surface area (Å²) in [5.74, 6) is -1.54. The maximum atomic E-state index is 12.5. The molecular formula is C7H6FNO2. The van der Waals surface area contributed by atoms with Gasteiger partial charge in [-0.2, -0.15) is 0 Å². The normalized spacial score (nSPS) is 9.55. The van der Waals surface area contributed by atoms with E-state index >= 15 is 0 Å². The number of halogens is 1. The van der Waals surface area contributed by atoms with E-state index in [0.717, 1.165) is 6.07 Å². The van der Waals surface area contributed by atoms with Crippen molar-refractivity contribution in [1.29, 1.82) is 0 Å². The zero-order chi connectivity index (χ0) is 8.43. The molecule has 0 bridgehead atoms. The summed E-state index contributed by atoms with van der Waals surface area (Å²) in [6.45, 7) is 0. The van der Waals surface area contributed by atoms with Crippen molar-refractivity contribution >= 4 is 12.0 Å². The topological polar surface area (TPSA) is 63.3 Å². The van der Waals surface area contributed by atoms with Gasteiger partial charge in [-0.05, 0) is 6.07 Å². The second kappa shape index (κ2) is 2.57. The van der Waals surface area contributed by atoms with E-state index < -0.39 is 11.6 Å². The molecule has 0 unspecified atom stereocenters. The number of carbonyl (C=O) groups is 1. The lowest BCUT2D eigenvalue weighted by atomic mass is 10.2. The molecule has 4 heteroatoms. The minimum atomic E-state index is -0.882. The standard InChI is InChI=1S/C7H6FNO2/c8-6-2-5(9)1-4(3-10)7(6)11/h1-3,11H,9H2. The van der Waals surface area contributed by atoms with E-state index in [1.807, 2.05) is 0 Å². The first kappa shape index (κ1) is 7.53. The molecule has 0 saturated heterocycles. The van der Waals surface area contributed by atoms with Crippen LogP contribution < -0.4 is 5.73 Å². The summed E-state index contributed by atoms with van der Waals surface area (Å²) in [4.78, 5) is 10.1. The lowest BCUT2D eigenvalue weighted by Crippen LogP contribution is -1.91. The molecule has 0 radical (unpaired) electrons. The summed E-state index contributed by atoms with van der Waals surface area (Å²) in [6, 6.07) is 2.15. The van der Waals surface area contributed by atoms with Gasteiger partial charge in [0.25, 0.3) is 0 Å². The van der Waals surface area contributed by atoms with Gasteiger partial charge in [0.05, 0.1) is 5.56 Å². The monoisotopic (exact) mass is 155 g/mol. The second-order valence-corrected chi connectivity index (χ2v) is 2.06. The van der Waals surface area contributed by atoms with Crippen LogP contribution in [0.5, 0.6) is 5.75 Å². The largest absolute Gasteiger partial charge is 0.504 e. The van der Waals surface area contributed by atoms with Crippen LogP contribution in [0.4, 0.5) is 10.1 Å². The number of nitrogens with two attached hydrogens (primary N) is 1. The number of aldehydes is 1. The molecule has 1 aromatic carbocycles. The number of aromatic hydroxyl groups is 1. The molecule has 0 aliphatic heterocycles. The molecule has 0 fully saturated rings. The van der Waals surface area contributed by atoms with Gasteiger partial charge in [0.15, 0.2) is 17.9 Å². The van der Waals surface area contributed by atoms with Crippen LogP contribution >= 0.6 is 0 Å². The molecule has 0 amide bonds. The highest BCUT2D eigenvalue weighted by Crippen LogP contribution is 2.22. The Balaban J connectivity index is 3.35. The number of hydrogen-bond acceptors (Lipinski definition) is 3. The SMILES string of the molecule is Nc1cc(F)c(O)c(C=O)c1. The lowest BCUT2D eigenvalue weighted by Gasteiger charge is -1.99. The highest BCUT2D eigenvalue weighted by Gasteiger charge is 2.06. The first-order valence-electron chi connectivity index (χ1n) is 2.88. The van der Waals surface area contributed by atoms with Gasteiger partial charge in [0.1, 0.15) is 0 Å². The van der Waals surface area contributed by atoms with E-state index in [9.17, 15) is 9.18 Å². The molecule has 0 saturated carbocycles. The smallest absolute Gasteiger partial charge is 0.167 e. The van der Waals surface area contributed by atoms with Crippen LogP contribution in [0, 0.1) is 5.82 Å². The molecule has 0 aromatic heterocycles. The first-order chi connectivity index (χ1) is 5.15. The van der Waals surface area contributed by atoms with Crippen molar-refractivity contribution in [3.8, 4) is 5.75 Å². The quantitative estimate of drug-likeness (QED) is 0.360. The second-order valence-electron chi connectivity index (χ2n) is 2.06. The van der Waals surface area contributed by atoms with E-state index in [0.29, 0.717) is 6.29 Å². The van der Waals surface area contributed by atoms with Crippen molar-refractivity contribution in [3.63, 3.8) is 0 Å². The third-order valence-corrected chi connectivity index (χ3v) is 1.24. The number of anilines is 1. The van der Waals surface area contributed by atoms with Crippen LogP contribution in [0.15, 0.2) is 12.1 Å². The number of benzene rings is 1. The van der Waals surface area contributed by atoms with Gasteiger partial charge < -0.3 is 10.8 Å². The zero-order valence-corrected chi connectivity index (χ0v) is 5.54. The minimum Gasteiger partial charge on any atom is -0.504 e. The van der Waals surface area contributed by atoms with Crippen molar-refractivity contribution in [2.75, 3.05) is 5.73 Å². The maximum absolute atomic E-state index is 12.5. The van der Waals surface area contributed by atoms with Crippen molar-refractivity contribution in [1.82, 2.24) is 0 Å². The molecule has 0 aliphatic carbocycles. The van der Waals surface area contributed by atoms with Gasteiger partial charge >= 0.3 is 0 Å². The Labute approximate surface area is 62.3 Å². The van der Waals surface area contributed by atoms with Gasteiger partial charge in [-0.25, -0.2) is 4.39 Å². The van der Waals surface area contributed by atoms with E-state index in [4.69, 9.17) is 10.8 Å². The summed E-state index contributed by atoms with van der Waals surface area (Å²) in [6.07, 6.45) is 0.342. The molecule has 3 N–H and O–H groups in total. The average molecular weight is 155 g/mol. The third-order valence-electron chi connectivity index (χ3n) is 1.24. The van der Waals surface area contributed by atoms with Crippen LogP contribution in [0.25, 0.3) is 0 Å². The van der Waals surface area contributed by atoms with Gasteiger partial charge in [-0.3, -0.25) is 4.79 Å². The first-order valence-corrected chi connectivity index (χ1v) is 2.88. The Hall–Kier alpha value is -1.58. The number of phenols is 1. The zero-order valence-electron chi connectivity index (χ0n) is 5.54. The van der Waals surface area contributed by atoms with Crippen LogP contribution in [0.3, 0.4) is 0 Å². The maximum Gasteiger partial charge on any atom is 0.167 e. The molecule has 0 heterocycles. The highest BCUT2D eigenvalue weighted by atomic mass is 19.1. The number of rotatable bonds is 1. The number of phenolic OH excluding ortho intramolecular Hbond substituents is 1. The summed E-state index contributed by atoms with van der Waals surface area (Å²) < 4.78 is 12.5. The van der Waals surface area contributed by atoms with Gasteiger partial charge in [0, 0.05) is 11.8 Å². The Bertz CT molecular complexity index is 299. The molecular weight excluding hydrogens is 149 g/mol. The Kier molecular flexibility index (Phi) is 1.76.